The van der Waals surface area contributed by atoms with Crippen LogP contribution in [0.25, 0.3) is 0 Å². The molecule has 0 heterocycles. The van der Waals surface area contributed by atoms with Gasteiger partial charge in [0.05, 0.1) is 13.1 Å². The van der Waals surface area contributed by atoms with Crippen molar-refractivity contribution in [1.29, 1.82) is 0 Å². The summed E-state index contributed by atoms with van der Waals surface area (Å²) >= 11 is 5.86. The fourth-order valence-corrected chi connectivity index (χ4v) is 1.83. The standard InChI is InChI=1S/C12H18ClN/c1-3-9-14(10-4-2)12-7-5-11(13)6-8-12/h5-8H,3-4,9-10H2,1-2H3/p+1. The predicted octanol–water partition coefficient (Wildman–Crippen LogP) is 2.68. The zero-order valence-corrected chi connectivity index (χ0v) is 9.77. The summed E-state index contributed by atoms with van der Waals surface area (Å²) in [6, 6.07) is 8.20. The molecule has 1 nitrogen and oxygen atoms in total. The molecule has 0 saturated heterocycles. The molecule has 78 valence electrons. The second-order valence-corrected chi connectivity index (χ2v) is 4.05. The highest BCUT2D eigenvalue weighted by Crippen LogP contribution is 2.10. The van der Waals surface area contributed by atoms with Gasteiger partial charge in [0.25, 0.3) is 0 Å². The molecule has 0 atom stereocenters. The van der Waals surface area contributed by atoms with Crippen LogP contribution in [0, 0.1) is 0 Å². The predicted molar refractivity (Wildman–Crippen MR) is 62.4 cm³/mol. The third-order valence-corrected chi connectivity index (χ3v) is 2.61. The molecule has 1 aromatic rings. The van der Waals surface area contributed by atoms with E-state index in [9.17, 15) is 0 Å². The molecule has 0 spiro atoms. The summed E-state index contributed by atoms with van der Waals surface area (Å²) in [5.41, 5.74) is 1.36. The van der Waals surface area contributed by atoms with Gasteiger partial charge in [-0.2, -0.15) is 0 Å². The normalized spacial score (nSPS) is 10.9. The van der Waals surface area contributed by atoms with Crippen molar-refractivity contribution in [3.8, 4) is 0 Å². The molecule has 0 bridgehead atoms. The maximum absolute atomic E-state index is 5.86. The van der Waals surface area contributed by atoms with Crippen LogP contribution in [-0.2, 0) is 0 Å². The van der Waals surface area contributed by atoms with Gasteiger partial charge in [0.15, 0.2) is 0 Å². The number of halogens is 1. The van der Waals surface area contributed by atoms with Gasteiger partial charge in [0.1, 0.15) is 5.69 Å². The van der Waals surface area contributed by atoms with Crippen LogP contribution < -0.4 is 4.90 Å². The van der Waals surface area contributed by atoms with Crippen LogP contribution in [0.4, 0.5) is 5.69 Å². The molecule has 0 saturated carbocycles. The van der Waals surface area contributed by atoms with Gasteiger partial charge in [0, 0.05) is 17.2 Å². The average molecular weight is 213 g/mol. The van der Waals surface area contributed by atoms with Crippen molar-refractivity contribution < 1.29 is 4.90 Å². The number of benzene rings is 1. The second kappa shape index (κ2) is 6.05. The molecule has 1 aromatic carbocycles. The van der Waals surface area contributed by atoms with Crippen molar-refractivity contribution in [3.05, 3.63) is 29.3 Å². The van der Waals surface area contributed by atoms with Crippen molar-refractivity contribution in [2.75, 3.05) is 13.1 Å². The Morgan fingerprint density at radius 1 is 1.00 bits per heavy atom. The lowest BCUT2D eigenvalue weighted by Gasteiger charge is -2.17. The van der Waals surface area contributed by atoms with E-state index in [1.165, 1.54) is 31.6 Å². The largest absolute Gasteiger partial charge is 0.303 e. The molecule has 0 amide bonds. The maximum Gasteiger partial charge on any atom is 0.131 e. The van der Waals surface area contributed by atoms with E-state index >= 15 is 0 Å². The summed E-state index contributed by atoms with van der Waals surface area (Å²) < 4.78 is 0. The molecule has 0 aliphatic carbocycles. The summed E-state index contributed by atoms with van der Waals surface area (Å²) in [5, 5.41) is 0.820. The zero-order valence-electron chi connectivity index (χ0n) is 9.02. The highest BCUT2D eigenvalue weighted by Gasteiger charge is 2.08. The summed E-state index contributed by atoms with van der Waals surface area (Å²) in [7, 11) is 0. The minimum absolute atomic E-state index is 0.820. The lowest BCUT2D eigenvalue weighted by Crippen LogP contribution is -3.07. The van der Waals surface area contributed by atoms with E-state index in [0.29, 0.717) is 0 Å². The third kappa shape index (κ3) is 3.32. The van der Waals surface area contributed by atoms with Crippen molar-refractivity contribution in [2.45, 2.75) is 26.7 Å². The lowest BCUT2D eigenvalue weighted by molar-refractivity contribution is -0.832. The Kier molecular flexibility index (Phi) is 4.99. The van der Waals surface area contributed by atoms with E-state index in [2.05, 4.69) is 26.0 Å². The van der Waals surface area contributed by atoms with Gasteiger partial charge in [0.2, 0.25) is 0 Å². The summed E-state index contributed by atoms with van der Waals surface area (Å²) in [6.45, 7) is 6.86. The van der Waals surface area contributed by atoms with Crippen LogP contribution in [0.1, 0.15) is 26.7 Å². The van der Waals surface area contributed by atoms with Gasteiger partial charge in [-0.3, -0.25) is 0 Å². The van der Waals surface area contributed by atoms with Crippen molar-refractivity contribution in [1.82, 2.24) is 0 Å². The zero-order chi connectivity index (χ0) is 10.4. The monoisotopic (exact) mass is 212 g/mol. The first-order chi connectivity index (χ1) is 6.77. The molecule has 1 rings (SSSR count). The molecular weight excluding hydrogens is 194 g/mol. The molecule has 0 aliphatic rings. The molecule has 0 aromatic heterocycles. The summed E-state index contributed by atoms with van der Waals surface area (Å²) in [6.07, 6.45) is 2.44. The van der Waals surface area contributed by atoms with E-state index in [4.69, 9.17) is 11.6 Å². The van der Waals surface area contributed by atoms with E-state index in [1.54, 1.807) is 4.90 Å². The number of quaternary nitrogens is 1. The van der Waals surface area contributed by atoms with Crippen LogP contribution >= 0.6 is 11.6 Å². The molecule has 0 fully saturated rings. The molecule has 0 unspecified atom stereocenters. The van der Waals surface area contributed by atoms with Gasteiger partial charge < -0.3 is 4.90 Å². The van der Waals surface area contributed by atoms with Crippen molar-refractivity contribution in [2.24, 2.45) is 0 Å². The number of nitrogens with one attached hydrogen (secondary N) is 1. The van der Waals surface area contributed by atoms with Gasteiger partial charge in [-0.05, 0) is 25.0 Å². The third-order valence-electron chi connectivity index (χ3n) is 2.36. The van der Waals surface area contributed by atoms with Gasteiger partial charge in [-0.15, -0.1) is 0 Å². The minimum Gasteiger partial charge on any atom is -0.303 e. The van der Waals surface area contributed by atoms with Crippen LogP contribution in [0.3, 0.4) is 0 Å². The first-order valence-corrected chi connectivity index (χ1v) is 5.76. The molecule has 0 aliphatic heterocycles. The number of rotatable bonds is 5. The Bertz CT molecular complexity index is 250. The molecular formula is C12H19ClN+. The van der Waals surface area contributed by atoms with Gasteiger partial charge in [-0.1, -0.05) is 25.4 Å². The number of hydrogen-bond donors (Lipinski definition) is 1. The smallest absolute Gasteiger partial charge is 0.131 e. The molecule has 14 heavy (non-hydrogen) atoms. The average Bonchev–Trinajstić information content (AvgIpc) is 2.19. The van der Waals surface area contributed by atoms with E-state index in [-0.39, 0.29) is 0 Å². The minimum atomic E-state index is 0.820. The van der Waals surface area contributed by atoms with Crippen LogP contribution in [0.15, 0.2) is 24.3 Å². The van der Waals surface area contributed by atoms with Crippen LogP contribution in [-0.4, -0.2) is 13.1 Å². The van der Waals surface area contributed by atoms with Crippen LogP contribution in [0.5, 0.6) is 0 Å². The molecule has 1 N–H and O–H groups in total. The fraction of sp³-hybridized carbons (Fsp3) is 0.500. The topological polar surface area (TPSA) is 4.44 Å². The SMILES string of the molecule is CCC[NH+](CCC)c1ccc(Cl)cc1. The lowest BCUT2D eigenvalue weighted by atomic mass is 10.2. The first-order valence-electron chi connectivity index (χ1n) is 5.38. The van der Waals surface area contributed by atoms with Crippen molar-refractivity contribution in [3.63, 3.8) is 0 Å². The molecule has 0 radical (unpaired) electrons. The quantitative estimate of drug-likeness (QED) is 0.766. The van der Waals surface area contributed by atoms with Gasteiger partial charge in [-0.25, -0.2) is 0 Å². The Morgan fingerprint density at radius 3 is 1.93 bits per heavy atom. The number of hydrogen-bond acceptors (Lipinski definition) is 0. The Hall–Kier alpha value is -0.530. The highest BCUT2D eigenvalue weighted by atomic mass is 35.5. The summed E-state index contributed by atoms with van der Waals surface area (Å²) in [5.74, 6) is 0. The second-order valence-electron chi connectivity index (χ2n) is 3.61. The Morgan fingerprint density at radius 2 is 1.50 bits per heavy atom. The van der Waals surface area contributed by atoms with E-state index < -0.39 is 0 Å². The van der Waals surface area contributed by atoms with E-state index in [1.807, 2.05) is 12.1 Å². The summed E-state index contributed by atoms with van der Waals surface area (Å²) in [4.78, 5) is 1.56. The first kappa shape index (κ1) is 11.5. The van der Waals surface area contributed by atoms with E-state index in [0.717, 1.165) is 5.02 Å². The molecule has 2 heteroatoms. The maximum atomic E-state index is 5.86. The Balaban J connectivity index is 2.71. The fourth-order valence-electron chi connectivity index (χ4n) is 1.70. The Labute approximate surface area is 91.7 Å². The van der Waals surface area contributed by atoms with Gasteiger partial charge >= 0.3 is 0 Å². The highest BCUT2D eigenvalue weighted by molar-refractivity contribution is 6.30. The van der Waals surface area contributed by atoms with Crippen molar-refractivity contribution >= 4 is 17.3 Å². The van der Waals surface area contributed by atoms with Crippen LogP contribution in [0.2, 0.25) is 5.02 Å².